The van der Waals surface area contributed by atoms with Crippen LogP contribution in [0.2, 0.25) is 0 Å². The molecule has 5 heteroatoms. The lowest BCUT2D eigenvalue weighted by Crippen LogP contribution is -2.09. The molecule has 0 aliphatic carbocycles. The molecule has 0 saturated heterocycles. The van der Waals surface area contributed by atoms with Gasteiger partial charge in [-0.25, -0.2) is 4.98 Å². The van der Waals surface area contributed by atoms with E-state index in [1.807, 2.05) is 54.6 Å². The Morgan fingerprint density at radius 1 is 1.05 bits per heavy atom. The van der Waals surface area contributed by atoms with E-state index in [1.54, 1.807) is 4.57 Å². The first-order valence-corrected chi connectivity index (χ1v) is 6.79. The summed E-state index contributed by atoms with van der Waals surface area (Å²) in [7, 11) is 0. The number of ether oxygens (including phenoxy) is 1. The van der Waals surface area contributed by atoms with Crippen molar-refractivity contribution in [3.05, 3.63) is 60.2 Å². The van der Waals surface area contributed by atoms with E-state index in [0.29, 0.717) is 13.2 Å². The van der Waals surface area contributed by atoms with Gasteiger partial charge in [0.2, 0.25) is 0 Å². The van der Waals surface area contributed by atoms with Gasteiger partial charge >= 0.3 is 0 Å². The van der Waals surface area contributed by atoms with Crippen molar-refractivity contribution in [2.75, 3.05) is 6.61 Å². The van der Waals surface area contributed by atoms with E-state index in [1.165, 1.54) is 6.33 Å². The smallest absolute Gasteiger partial charge is 0.176 e. The summed E-state index contributed by atoms with van der Waals surface area (Å²) < 4.78 is 7.45. The molecule has 1 heterocycles. The van der Waals surface area contributed by atoms with Crippen molar-refractivity contribution in [2.24, 2.45) is 0 Å². The minimum absolute atomic E-state index is 0.146. The Labute approximate surface area is 127 Å². The average Bonchev–Trinajstić information content (AvgIpc) is 2.97. The lowest BCUT2D eigenvalue weighted by molar-refractivity contribution is 0.301. The van der Waals surface area contributed by atoms with Gasteiger partial charge in [-0.1, -0.05) is 36.4 Å². The van der Waals surface area contributed by atoms with E-state index in [2.05, 4.69) is 4.98 Å². The Bertz CT molecular complexity index is 894. The molecule has 106 valence electrons. The van der Waals surface area contributed by atoms with Gasteiger partial charge in [0.05, 0.1) is 12.9 Å². The van der Waals surface area contributed by atoms with Crippen LogP contribution in [-0.2, 0) is 6.54 Å². The summed E-state index contributed by atoms with van der Waals surface area (Å²) in [5, 5.41) is 20.1. The molecule has 22 heavy (non-hydrogen) atoms. The highest BCUT2D eigenvalue weighted by molar-refractivity contribution is 5.88. The van der Waals surface area contributed by atoms with E-state index in [-0.39, 0.29) is 11.4 Å². The van der Waals surface area contributed by atoms with Crippen LogP contribution in [0.5, 0.6) is 5.75 Å². The summed E-state index contributed by atoms with van der Waals surface area (Å²) in [6.07, 6.45) is 1.49. The van der Waals surface area contributed by atoms with Crippen LogP contribution < -0.4 is 4.74 Å². The van der Waals surface area contributed by atoms with Gasteiger partial charge in [0, 0.05) is 5.39 Å². The third-order valence-corrected chi connectivity index (χ3v) is 3.39. The van der Waals surface area contributed by atoms with Gasteiger partial charge in [0.15, 0.2) is 11.4 Å². The van der Waals surface area contributed by atoms with E-state index >= 15 is 0 Å². The number of fused-ring (bicyclic) bond motifs is 1. The maximum Gasteiger partial charge on any atom is 0.176 e. The fourth-order valence-corrected chi connectivity index (χ4v) is 2.33. The van der Waals surface area contributed by atoms with Gasteiger partial charge in [-0.3, -0.25) is 0 Å². The number of nitrogens with zero attached hydrogens (tertiary/aromatic N) is 4. The van der Waals surface area contributed by atoms with Crippen LogP contribution in [-0.4, -0.2) is 16.2 Å². The summed E-state index contributed by atoms with van der Waals surface area (Å²) in [5.41, 5.74) is 0.414. The molecule has 0 fully saturated rings. The molecule has 0 bridgehead atoms. The second-order valence-electron chi connectivity index (χ2n) is 4.68. The molecule has 0 radical (unpaired) electrons. The van der Waals surface area contributed by atoms with E-state index in [9.17, 15) is 0 Å². The lowest BCUT2D eigenvalue weighted by atomic mass is 10.1. The molecular formula is C17H12N4O. The first-order valence-electron chi connectivity index (χ1n) is 6.79. The van der Waals surface area contributed by atoms with E-state index < -0.39 is 0 Å². The molecule has 3 rings (SSSR count). The highest BCUT2D eigenvalue weighted by Crippen LogP contribution is 2.25. The van der Waals surface area contributed by atoms with Crippen molar-refractivity contribution in [1.29, 1.82) is 10.5 Å². The lowest BCUT2D eigenvalue weighted by Gasteiger charge is -2.10. The van der Waals surface area contributed by atoms with Gasteiger partial charge in [-0.15, -0.1) is 0 Å². The number of nitriles is 2. The highest BCUT2D eigenvalue weighted by atomic mass is 16.5. The van der Waals surface area contributed by atoms with Crippen molar-refractivity contribution in [1.82, 2.24) is 9.55 Å². The minimum atomic E-state index is 0.146. The van der Waals surface area contributed by atoms with Gasteiger partial charge in [-0.2, -0.15) is 10.5 Å². The Kier molecular flexibility index (Phi) is 3.72. The second-order valence-corrected chi connectivity index (χ2v) is 4.68. The van der Waals surface area contributed by atoms with Crippen molar-refractivity contribution < 1.29 is 4.74 Å². The summed E-state index contributed by atoms with van der Waals surface area (Å²) in [6.45, 7) is 0.852. The first-order chi connectivity index (χ1) is 10.8. The van der Waals surface area contributed by atoms with Crippen LogP contribution in [0.1, 0.15) is 11.4 Å². The molecule has 2 aromatic carbocycles. The van der Waals surface area contributed by atoms with E-state index in [0.717, 1.165) is 16.5 Å². The van der Waals surface area contributed by atoms with Crippen LogP contribution in [0.3, 0.4) is 0 Å². The molecule has 0 saturated carbocycles. The number of benzene rings is 2. The zero-order valence-electron chi connectivity index (χ0n) is 11.7. The molecule has 0 amide bonds. The highest BCUT2D eigenvalue weighted by Gasteiger charge is 2.09. The topological polar surface area (TPSA) is 74.6 Å². The van der Waals surface area contributed by atoms with Gasteiger partial charge < -0.3 is 9.30 Å². The van der Waals surface area contributed by atoms with Crippen molar-refractivity contribution in [2.45, 2.75) is 6.54 Å². The summed E-state index contributed by atoms with van der Waals surface area (Å²) >= 11 is 0. The Hall–Kier alpha value is -3.31. The maximum absolute atomic E-state index is 9.07. The SMILES string of the molecule is N#Cc1ncn(CCOc2cccc3ccccc23)c1C#N. The second kappa shape index (κ2) is 5.99. The van der Waals surface area contributed by atoms with E-state index in [4.69, 9.17) is 15.3 Å². The summed E-state index contributed by atoms with van der Waals surface area (Å²) in [5.74, 6) is 0.803. The molecule has 0 unspecified atom stereocenters. The van der Waals surface area contributed by atoms with Crippen molar-refractivity contribution >= 4 is 10.8 Å². The monoisotopic (exact) mass is 288 g/mol. The quantitative estimate of drug-likeness (QED) is 0.739. The number of hydrogen-bond donors (Lipinski definition) is 0. The molecule has 1 aromatic heterocycles. The first kappa shape index (κ1) is 13.7. The molecular weight excluding hydrogens is 276 g/mol. The van der Waals surface area contributed by atoms with Gasteiger partial charge in [-0.05, 0) is 11.5 Å². The third kappa shape index (κ3) is 2.48. The molecule has 0 spiro atoms. The van der Waals surface area contributed by atoms with Crippen molar-refractivity contribution in [3.63, 3.8) is 0 Å². The molecule has 3 aromatic rings. The normalized spacial score (nSPS) is 10.1. The average molecular weight is 288 g/mol. The standard InChI is InChI=1S/C17H12N4O/c18-10-15-16(11-19)21(12-20-15)8-9-22-17-7-3-5-13-4-1-2-6-14(13)17/h1-7,12H,8-9H2. The fraction of sp³-hybridized carbons (Fsp3) is 0.118. The molecule has 0 aliphatic heterocycles. The summed E-state index contributed by atoms with van der Waals surface area (Å²) in [4.78, 5) is 3.90. The zero-order chi connectivity index (χ0) is 15.4. The fourth-order valence-electron chi connectivity index (χ4n) is 2.33. The van der Waals surface area contributed by atoms with Crippen LogP contribution >= 0.6 is 0 Å². The summed E-state index contributed by atoms with van der Waals surface area (Å²) in [6, 6.07) is 17.8. The predicted octanol–water partition coefficient (Wildman–Crippen LogP) is 2.86. The van der Waals surface area contributed by atoms with Crippen LogP contribution in [0, 0.1) is 22.7 Å². The number of hydrogen-bond acceptors (Lipinski definition) is 4. The van der Waals surface area contributed by atoms with Crippen molar-refractivity contribution in [3.8, 4) is 17.9 Å². The Morgan fingerprint density at radius 2 is 1.86 bits per heavy atom. The molecule has 5 nitrogen and oxygen atoms in total. The Morgan fingerprint density at radius 3 is 2.68 bits per heavy atom. The molecule has 0 aliphatic rings. The maximum atomic E-state index is 9.07. The molecule has 0 N–H and O–H groups in total. The molecule has 0 atom stereocenters. The van der Waals surface area contributed by atoms with Crippen LogP contribution in [0.25, 0.3) is 10.8 Å². The predicted molar refractivity (Wildman–Crippen MR) is 81.1 cm³/mol. The Balaban J connectivity index is 1.75. The third-order valence-electron chi connectivity index (χ3n) is 3.39. The largest absolute Gasteiger partial charge is 0.491 e. The van der Waals surface area contributed by atoms with Gasteiger partial charge in [0.25, 0.3) is 0 Å². The van der Waals surface area contributed by atoms with Crippen LogP contribution in [0.15, 0.2) is 48.8 Å². The number of rotatable bonds is 4. The zero-order valence-corrected chi connectivity index (χ0v) is 11.7. The van der Waals surface area contributed by atoms with Gasteiger partial charge in [0.1, 0.15) is 24.5 Å². The van der Waals surface area contributed by atoms with Crippen LogP contribution in [0.4, 0.5) is 0 Å². The number of aromatic nitrogens is 2. The number of imidazole rings is 1. The minimum Gasteiger partial charge on any atom is -0.491 e.